The number of benzene rings is 2. The van der Waals surface area contributed by atoms with Gasteiger partial charge < -0.3 is 24.8 Å². The molecule has 1 aliphatic rings. The number of hydrogen-bond donors (Lipinski definition) is 2. The minimum absolute atomic E-state index is 0.173. The van der Waals surface area contributed by atoms with Gasteiger partial charge in [-0.2, -0.15) is 0 Å². The molecule has 0 saturated heterocycles. The van der Waals surface area contributed by atoms with E-state index in [9.17, 15) is 9.59 Å². The summed E-state index contributed by atoms with van der Waals surface area (Å²) >= 11 is 0. The second-order valence-corrected chi connectivity index (χ2v) is 6.07. The van der Waals surface area contributed by atoms with Gasteiger partial charge in [-0.15, -0.1) is 6.42 Å². The summed E-state index contributed by atoms with van der Waals surface area (Å²) in [6, 6.07) is 10.4. The van der Waals surface area contributed by atoms with Crippen molar-refractivity contribution in [3.05, 3.63) is 53.6 Å². The molecule has 29 heavy (non-hydrogen) atoms. The summed E-state index contributed by atoms with van der Waals surface area (Å²) in [5.74, 6) is 3.35. The quantitative estimate of drug-likeness (QED) is 0.582. The molecule has 2 aromatic carbocycles. The van der Waals surface area contributed by atoms with E-state index < -0.39 is 5.91 Å². The number of nitrogens with one attached hydrogen (secondary N) is 2. The Kier molecular flexibility index (Phi) is 6.38. The molecule has 7 heteroatoms. The molecule has 2 N–H and O–H groups in total. The molecular formula is C22H20N2O5. The molecule has 0 fully saturated rings. The summed E-state index contributed by atoms with van der Waals surface area (Å²) in [4.78, 5) is 24.0. The number of hydrogen-bond acceptors (Lipinski definition) is 5. The van der Waals surface area contributed by atoms with Crippen molar-refractivity contribution in [1.29, 1.82) is 0 Å². The van der Waals surface area contributed by atoms with Gasteiger partial charge in [0.2, 0.25) is 17.6 Å². The van der Waals surface area contributed by atoms with Crippen LogP contribution in [0.4, 0.5) is 5.69 Å². The Hall–Kier alpha value is -3.92. The first-order valence-corrected chi connectivity index (χ1v) is 8.89. The van der Waals surface area contributed by atoms with Crippen LogP contribution in [0.15, 0.2) is 42.5 Å². The number of amides is 2. The van der Waals surface area contributed by atoms with Crippen molar-refractivity contribution in [2.24, 2.45) is 0 Å². The molecule has 1 aliphatic heterocycles. The van der Waals surface area contributed by atoms with Gasteiger partial charge in [-0.3, -0.25) is 9.59 Å². The molecule has 0 radical (unpaired) electrons. The van der Waals surface area contributed by atoms with Gasteiger partial charge in [0.1, 0.15) is 13.2 Å². The van der Waals surface area contributed by atoms with Crippen LogP contribution in [0.25, 0.3) is 6.08 Å². The average Bonchev–Trinajstić information content (AvgIpc) is 2.75. The number of terminal acetylenes is 1. The second-order valence-electron chi connectivity index (χ2n) is 6.07. The topological polar surface area (TPSA) is 85.9 Å². The molecule has 0 unspecified atom stereocenters. The molecule has 148 valence electrons. The van der Waals surface area contributed by atoms with Crippen LogP contribution >= 0.6 is 0 Å². The van der Waals surface area contributed by atoms with E-state index in [-0.39, 0.29) is 12.5 Å². The molecule has 2 amide bonds. The molecule has 0 spiro atoms. The summed E-state index contributed by atoms with van der Waals surface area (Å²) in [7, 11) is 1.53. The van der Waals surface area contributed by atoms with Crippen LogP contribution in [0.3, 0.4) is 0 Å². The van der Waals surface area contributed by atoms with Crippen molar-refractivity contribution in [2.45, 2.75) is 0 Å². The Morgan fingerprint density at radius 3 is 2.86 bits per heavy atom. The number of fused-ring (bicyclic) bond motifs is 1. The second kappa shape index (κ2) is 9.33. The van der Waals surface area contributed by atoms with E-state index >= 15 is 0 Å². The van der Waals surface area contributed by atoms with Crippen LogP contribution in [0.5, 0.6) is 17.2 Å². The Morgan fingerprint density at radius 1 is 1.24 bits per heavy atom. The highest BCUT2D eigenvalue weighted by molar-refractivity contribution is 5.98. The van der Waals surface area contributed by atoms with Gasteiger partial charge in [0.25, 0.3) is 0 Å². The Morgan fingerprint density at radius 2 is 2.07 bits per heavy atom. The summed E-state index contributed by atoms with van der Waals surface area (Å²) in [5.41, 5.74) is 1.93. The molecule has 3 rings (SSSR count). The van der Waals surface area contributed by atoms with Crippen molar-refractivity contribution in [3.63, 3.8) is 0 Å². The molecule has 0 atom stereocenters. The smallest absolute Gasteiger partial charge is 0.244 e. The minimum atomic E-state index is -0.411. The van der Waals surface area contributed by atoms with Crippen LogP contribution in [-0.4, -0.2) is 38.7 Å². The predicted molar refractivity (Wildman–Crippen MR) is 109 cm³/mol. The Bertz CT molecular complexity index is 974. The van der Waals surface area contributed by atoms with Gasteiger partial charge >= 0.3 is 0 Å². The lowest BCUT2D eigenvalue weighted by molar-refractivity contribution is -0.121. The van der Waals surface area contributed by atoms with Crippen molar-refractivity contribution >= 4 is 23.6 Å². The number of ether oxygens (including phenoxy) is 3. The van der Waals surface area contributed by atoms with E-state index in [4.69, 9.17) is 20.6 Å². The molecule has 0 bridgehead atoms. The van der Waals surface area contributed by atoms with Crippen molar-refractivity contribution in [2.75, 3.05) is 32.2 Å². The van der Waals surface area contributed by atoms with Gasteiger partial charge in [0.05, 0.1) is 13.7 Å². The fourth-order valence-electron chi connectivity index (χ4n) is 2.68. The third-order valence-electron chi connectivity index (χ3n) is 4.01. The fraction of sp³-hybridized carbons (Fsp3) is 0.182. The summed E-state index contributed by atoms with van der Waals surface area (Å²) < 4.78 is 16.4. The fourth-order valence-corrected chi connectivity index (χ4v) is 2.68. The van der Waals surface area contributed by atoms with Gasteiger partial charge in [-0.25, -0.2) is 0 Å². The number of methoxy groups -OCH3 is 1. The Labute approximate surface area is 168 Å². The lowest BCUT2D eigenvalue weighted by Gasteiger charge is -2.20. The summed E-state index contributed by atoms with van der Waals surface area (Å²) in [6.07, 6.45) is 8.27. The molecule has 1 heterocycles. The average molecular weight is 392 g/mol. The normalized spacial score (nSPS) is 12.1. The number of carbonyl (C=O) groups excluding carboxylic acids is 2. The van der Waals surface area contributed by atoms with Crippen molar-refractivity contribution in [1.82, 2.24) is 5.32 Å². The van der Waals surface area contributed by atoms with Crippen LogP contribution in [-0.2, 0) is 9.59 Å². The predicted octanol–water partition coefficient (Wildman–Crippen LogP) is 2.22. The lowest BCUT2D eigenvalue weighted by atomic mass is 10.1. The highest BCUT2D eigenvalue weighted by Crippen LogP contribution is 2.40. The first-order chi connectivity index (χ1) is 14.1. The van der Waals surface area contributed by atoms with Gasteiger partial charge in [0, 0.05) is 17.3 Å². The number of rotatable bonds is 6. The summed E-state index contributed by atoms with van der Waals surface area (Å²) in [5, 5.41) is 5.20. The first-order valence-electron chi connectivity index (χ1n) is 8.89. The van der Waals surface area contributed by atoms with Gasteiger partial charge in [0.15, 0.2) is 11.5 Å². The van der Waals surface area contributed by atoms with E-state index in [1.807, 2.05) is 0 Å². The zero-order valence-electron chi connectivity index (χ0n) is 15.9. The monoisotopic (exact) mass is 392 g/mol. The molecule has 0 aliphatic carbocycles. The van der Waals surface area contributed by atoms with Crippen molar-refractivity contribution in [3.8, 4) is 29.6 Å². The zero-order chi connectivity index (χ0) is 20.6. The highest BCUT2D eigenvalue weighted by Gasteiger charge is 2.17. The molecule has 0 aromatic heterocycles. The van der Waals surface area contributed by atoms with Crippen LogP contribution in [0.2, 0.25) is 0 Å². The highest BCUT2D eigenvalue weighted by atomic mass is 16.6. The van der Waals surface area contributed by atoms with E-state index in [0.29, 0.717) is 47.3 Å². The first kappa shape index (κ1) is 19.8. The lowest BCUT2D eigenvalue weighted by Crippen LogP contribution is -2.31. The maximum atomic E-state index is 12.0. The van der Waals surface area contributed by atoms with E-state index in [0.717, 1.165) is 0 Å². The Balaban J connectivity index is 1.56. The standard InChI is InChI=1S/C22H20N2O5/c1-3-15-5-4-6-17(11-15)24-21(26)14-23-20(25)8-7-16-12-18(27-2)22-19(13-16)28-9-10-29-22/h1,4-8,11-13H,9-10,14H2,2H3,(H,23,25)(H,24,26)/b8-7+. The number of carbonyl (C=O) groups is 2. The van der Waals surface area contributed by atoms with Crippen LogP contribution in [0, 0.1) is 12.3 Å². The van der Waals surface area contributed by atoms with Gasteiger partial charge in [-0.1, -0.05) is 12.0 Å². The third-order valence-corrected chi connectivity index (χ3v) is 4.01. The summed E-state index contributed by atoms with van der Waals surface area (Å²) in [6.45, 7) is 0.729. The molecular weight excluding hydrogens is 372 g/mol. The molecule has 7 nitrogen and oxygen atoms in total. The third kappa shape index (κ3) is 5.30. The van der Waals surface area contributed by atoms with Crippen LogP contribution in [0.1, 0.15) is 11.1 Å². The van der Waals surface area contributed by atoms with Gasteiger partial charge in [-0.05, 0) is 42.0 Å². The minimum Gasteiger partial charge on any atom is -0.493 e. The maximum absolute atomic E-state index is 12.0. The van der Waals surface area contributed by atoms with Crippen LogP contribution < -0.4 is 24.8 Å². The SMILES string of the molecule is C#Cc1cccc(NC(=O)CNC(=O)/C=C/c2cc(OC)c3c(c2)OCCO3)c1. The maximum Gasteiger partial charge on any atom is 0.244 e. The molecule has 0 saturated carbocycles. The van der Waals surface area contributed by atoms with Crippen molar-refractivity contribution < 1.29 is 23.8 Å². The van der Waals surface area contributed by atoms with E-state index in [1.165, 1.54) is 13.2 Å². The van der Waals surface area contributed by atoms with E-state index in [1.54, 1.807) is 42.5 Å². The zero-order valence-corrected chi connectivity index (χ0v) is 15.9. The van der Waals surface area contributed by atoms with E-state index in [2.05, 4.69) is 16.6 Å². The molecule has 2 aromatic rings. The number of anilines is 1. The largest absolute Gasteiger partial charge is 0.493 e.